The summed E-state index contributed by atoms with van der Waals surface area (Å²) in [5.74, 6) is 0.498. The van der Waals surface area contributed by atoms with Gasteiger partial charge in [0, 0.05) is 30.7 Å². The molecule has 0 aliphatic heterocycles. The summed E-state index contributed by atoms with van der Waals surface area (Å²) < 4.78 is 5.65. The molecule has 0 radical (unpaired) electrons. The van der Waals surface area contributed by atoms with E-state index >= 15 is 0 Å². The first-order valence-electron chi connectivity index (χ1n) is 8.01. The van der Waals surface area contributed by atoms with E-state index in [1.54, 1.807) is 17.2 Å². The Hall–Kier alpha value is -2.95. The minimum absolute atomic E-state index is 0.358. The highest BCUT2D eigenvalue weighted by Gasteiger charge is 2.16. The molecule has 0 atom stereocenters. The maximum absolute atomic E-state index is 12.3. The molecule has 2 heterocycles. The van der Waals surface area contributed by atoms with Gasteiger partial charge in [0.25, 0.3) is 0 Å². The molecular formula is C19H19N3O2. The Labute approximate surface area is 140 Å². The summed E-state index contributed by atoms with van der Waals surface area (Å²) in [6, 6.07) is 15.0. The SMILES string of the molecule is CCN(CC)C(=O)Oc1cc(-c2ccccn2)nc2ccccc12. The molecule has 5 heteroatoms. The molecule has 0 aliphatic rings. The molecule has 1 aromatic carbocycles. The molecule has 0 aliphatic carbocycles. The van der Waals surface area contributed by atoms with Gasteiger partial charge in [0.2, 0.25) is 0 Å². The van der Waals surface area contributed by atoms with E-state index in [0.29, 0.717) is 24.5 Å². The van der Waals surface area contributed by atoms with Crippen molar-refractivity contribution < 1.29 is 9.53 Å². The first-order chi connectivity index (χ1) is 11.7. The number of nitrogens with zero attached hydrogens (tertiary/aromatic N) is 3. The van der Waals surface area contributed by atoms with Gasteiger partial charge in [0.15, 0.2) is 0 Å². The normalized spacial score (nSPS) is 10.6. The van der Waals surface area contributed by atoms with Crippen LogP contribution in [0.15, 0.2) is 54.7 Å². The van der Waals surface area contributed by atoms with Crippen molar-refractivity contribution in [1.82, 2.24) is 14.9 Å². The molecule has 5 nitrogen and oxygen atoms in total. The van der Waals surface area contributed by atoms with E-state index in [1.165, 1.54) is 0 Å². The molecular weight excluding hydrogens is 302 g/mol. The molecule has 0 unspecified atom stereocenters. The molecule has 1 amide bonds. The number of amides is 1. The third kappa shape index (κ3) is 3.20. The van der Waals surface area contributed by atoms with Crippen LogP contribution in [0.2, 0.25) is 0 Å². The standard InChI is InChI=1S/C19H19N3O2/c1-3-22(4-2)19(23)24-18-13-17(16-11-7-8-12-20-16)21-15-10-6-5-9-14(15)18/h5-13H,3-4H2,1-2H3. The third-order valence-electron chi connectivity index (χ3n) is 3.82. The summed E-state index contributed by atoms with van der Waals surface area (Å²) in [5, 5.41) is 0.803. The lowest BCUT2D eigenvalue weighted by atomic mass is 10.1. The number of pyridine rings is 2. The van der Waals surface area contributed by atoms with Crippen molar-refractivity contribution in [3.8, 4) is 17.1 Å². The fourth-order valence-electron chi connectivity index (χ4n) is 2.51. The monoisotopic (exact) mass is 321 g/mol. The van der Waals surface area contributed by atoms with Crippen LogP contribution >= 0.6 is 0 Å². The van der Waals surface area contributed by atoms with Crippen molar-refractivity contribution in [1.29, 1.82) is 0 Å². The van der Waals surface area contributed by atoms with Gasteiger partial charge in [-0.25, -0.2) is 9.78 Å². The van der Waals surface area contributed by atoms with Crippen LogP contribution in [0.4, 0.5) is 4.79 Å². The number of hydrogen-bond donors (Lipinski definition) is 0. The first kappa shape index (κ1) is 15.9. The minimum atomic E-state index is -0.358. The summed E-state index contributed by atoms with van der Waals surface area (Å²) >= 11 is 0. The Balaban J connectivity index is 2.07. The van der Waals surface area contributed by atoms with E-state index in [9.17, 15) is 4.79 Å². The Morgan fingerprint density at radius 2 is 1.79 bits per heavy atom. The predicted octanol–water partition coefficient (Wildman–Crippen LogP) is 4.14. The molecule has 0 spiro atoms. The highest BCUT2D eigenvalue weighted by atomic mass is 16.6. The molecule has 0 saturated carbocycles. The van der Waals surface area contributed by atoms with E-state index < -0.39 is 0 Å². The number of benzene rings is 1. The Morgan fingerprint density at radius 1 is 1.04 bits per heavy atom. The van der Waals surface area contributed by atoms with Gasteiger partial charge in [0.05, 0.1) is 16.9 Å². The van der Waals surface area contributed by atoms with E-state index in [4.69, 9.17) is 4.74 Å². The van der Waals surface area contributed by atoms with Crippen LogP contribution in [0.25, 0.3) is 22.3 Å². The summed E-state index contributed by atoms with van der Waals surface area (Å²) in [5.41, 5.74) is 2.18. The Kier molecular flexibility index (Phi) is 4.70. The van der Waals surface area contributed by atoms with E-state index in [-0.39, 0.29) is 6.09 Å². The van der Waals surface area contributed by atoms with Crippen LogP contribution in [0, 0.1) is 0 Å². The molecule has 24 heavy (non-hydrogen) atoms. The van der Waals surface area contributed by atoms with Crippen LogP contribution in [-0.4, -0.2) is 34.1 Å². The van der Waals surface area contributed by atoms with Gasteiger partial charge in [-0.1, -0.05) is 18.2 Å². The number of aromatic nitrogens is 2. The largest absolute Gasteiger partial charge is 0.415 e. The minimum Gasteiger partial charge on any atom is -0.409 e. The molecule has 0 fully saturated rings. The van der Waals surface area contributed by atoms with Gasteiger partial charge in [-0.3, -0.25) is 4.98 Å². The van der Waals surface area contributed by atoms with Gasteiger partial charge in [-0.15, -0.1) is 0 Å². The van der Waals surface area contributed by atoms with Crippen LogP contribution in [0.5, 0.6) is 5.75 Å². The Bertz CT molecular complexity index is 846. The first-order valence-corrected chi connectivity index (χ1v) is 8.01. The van der Waals surface area contributed by atoms with Gasteiger partial charge in [-0.2, -0.15) is 0 Å². The summed E-state index contributed by atoms with van der Waals surface area (Å²) in [6.07, 6.45) is 1.36. The molecule has 0 N–H and O–H groups in total. The zero-order valence-electron chi connectivity index (χ0n) is 13.8. The number of hydrogen-bond acceptors (Lipinski definition) is 4. The summed E-state index contributed by atoms with van der Waals surface area (Å²) in [4.78, 5) is 22.9. The van der Waals surface area contributed by atoms with E-state index in [2.05, 4.69) is 9.97 Å². The van der Waals surface area contributed by atoms with Crippen LogP contribution in [-0.2, 0) is 0 Å². The molecule has 3 aromatic rings. The van der Waals surface area contributed by atoms with Crippen molar-refractivity contribution in [3.05, 3.63) is 54.7 Å². The van der Waals surface area contributed by atoms with Gasteiger partial charge in [0.1, 0.15) is 5.75 Å². The van der Waals surface area contributed by atoms with Crippen molar-refractivity contribution >= 4 is 17.0 Å². The fraction of sp³-hybridized carbons (Fsp3) is 0.211. The number of carbonyl (C=O) groups excluding carboxylic acids is 1. The van der Waals surface area contributed by atoms with Gasteiger partial charge < -0.3 is 9.64 Å². The maximum atomic E-state index is 12.3. The number of carbonyl (C=O) groups is 1. The lowest BCUT2D eigenvalue weighted by Gasteiger charge is -2.18. The van der Waals surface area contributed by atoms with Crippen LogP contribution in [0.1, 0.15) is 13.8 Å². The van der Waals surface area contributed by atoms with Gasteiger partial charge >= 0.3 is 6.09 Å². The zero-order valence-corrected chi connectivity index (χ0v) is 13.8. The van der Waals surface area contributed by atoms with Crippen LogP contribution in [0.3, 0.4) is 0 Å². The van der Waals surface area contributed by atoms with Crippen LogP contribution < -0.4 is 4.74 Å². The molecule has 0 saturated heterocycles. The molecule has 2 aromatic heterocycles. The van der Waals surface area contributed by atoms with E-state index in [0.717, 1.165) is 16.6 Å². The number of ether oxygens (including phenoxy) is 1. The smallest absolute Gasteiger partial charge is 0.409 e. The second-order valence-electron chi connectivity index (χ2n) is 5.28. The zero-order chi connectivity index (χ0) is 16.9. The predicted molar refractivity (Wildman–Crippen MR) is 93.9 cm³/mol. The summed E-state index contributed by atoms with van der Waals surface area (Å²) in [6.45, 7) is 5.06. The number of fused-ring (bicyclic) bond motifs is 1. The Morgan fingerprint density at radius 3 is 2.50 bits per heavy atom. The quantitative estimate of drug-likeness (QED) is 0.725. The second kappa shape index (κ2) is 7.08. The average molecular weight is 321 g/mol. The third-order valence-corrected chi connectivity index (χ3v) is 3.82. The number of rotatable bonds is 4. The van der Waals surface area contributed by atoms with Crippen molar-refractivity contribution in [2.45, 2.75) is 13.8 Å². The van der Waals surface area contributed by atoms with Crippen molar-refractivity contribution in [2.24, 2.45) is 0 Å². The van der Waals surface area contributed by atoms with E-state index in [1.807, 2.05) is 56.3 Å². The fourth-order valence-corrected chi connectivity index (χ4v) is 2.51. The lowest BCUT2D eigenvalue weighted by Crippen LogP contribution is -2.33. The molecule has 122 valence electrons. The maximum Gasteiger partial charge on any atom is 0.415 e. The molecule has 0 bridgehead atoms. The van der Waals surface area contributed by atoms with Crippen molar-refractivity contribution in [2.75, 3.05) is 13.1 Å². The topological polar surface area (TPSA) is 55.3 Å². The lowest BCUT2D eigenvalue weighted by molar-refractivity contribution is 0.158. The average Bonchev–Trinajstić information content (AvgIpc) is 2.63. The highest BCUT2D eigenvalue weighted by Crippen LogP contribution is 2.29. The van der Waals surface area contributed by atoms with Gasteiger partial charge in [-0.05, 0) is 38.1 Å². The van der Waals surface area contributed by atoms with Crippen molar-refractivity contribution in [3.63, 3.8) is 0 Å². The second-order valence-corrected chi connectivity index (χ2v) is 5.28. The summed E-state index contributed by atoms with van der Waals surface area (Å²) in [7, 11) is 0. The number of para-hydroxylation sites is 1. The highest BCUT2D eigenvalue weighted by molar-refractivity contribution is 5.89. The molecule has 3 rings (SSSR count).